The lowest BCUT2D eigenvalue weighted by molar-refractivity contribution is 0.00578. The van der Waals surface area contributed by atoms with Crippen molar-refractivity contribution in [2.75, 3.05) is 0 Å². The molecule has 3 nitrogen and oxygen atoms in total. The molecule has 0 radical (unpaired) electrons. The number of halogens is 2. The van der Waals surface area contributed by atoms with Gasteiger partial charge in [-0.2, -0.15) is 0 Å². The average molecular weight is 363 g/mol. The van der Waals surface area contributed by atoms with Crippen molar-refractivity contribution in [1.82, 2.24) is 0 Å². The van der Waals surface area contributed by atoms with Crippen LogP contribution in [0.4, 0.5) is 4.39 Å². The summed E-state index contributed by atoms with van der Waals surface area (Å²) in [5.74, 6) is 0.327. The van der Waals surface area contributed by atoms with Gasteiger partial charge in [-0.25, -0.2) is 4.39 Å². The molecule has 6 heteroatoms. The molecule has 0 bridgehead atoms. The van der Waals surface area contributed by atoms with Crippen LogP contribution in [0.5, 0.6) is 5.75 Å². The lowest BCUT2D eigenvalue weighted by Gasteiger charge is -2.32. The van der Waals surface area contributed by atoms with Crippen LogP contribution in [-0.4, -0.2) is 18.3 Å². The van der Waals surface area contributed by atoms with Crippen molar-refractivity contribution in [2.24, 2.45) is 0 Å². The Balaban J connectivity index is 1.76. The van der Waals surface area contributed by atoms with Crippen molar-refractivity contribution >= 4 is 24.2 Å². The second-order valence-corrected chi connectivity index (χ2v) is 7.66. The Bertz CT molecular complexity index is 746. The summed E-state index contributed by atoms with van der Waals surface area (Å²) >= 11 is 5.86. The van der Waals surface area contributed by atoms with Crippen LogP contribution >= 0.6 is 11.6 Å². The Hall–Kier alpha value is -1.56. The van der Waals surface area contributed by atoms with Gasteiger partial charge in [0.15, 0.2) is 0 Å². The summed E-state index contributed by atoms with van der Waals surface area (Å²) in [4.78, 5) is 0. The first-order valence-electron chi connectivity index (χ1n) is 8.20. The van der Waals surface area contributed by atoms with E-state index in [1.807, 2.05) is 33.8 Å². The summed E-state index contributed by atoms with van der Waals surface area (Å²) in [6.45, 7) is 8.12. The molecule has 25 heavy (non-hydrogen) atoms. The molecule has 3 rings (SSSR count). The molecule has 2 aromatic carbocycles. The van der Waals surface area contributed by atoms with E-state index in [-0.39, 0.29) is 12.4 Å². The highest BCUT2D eigenvalue weighted by atomic mass is 35.5. The molecule has 0 unspecified atom stereocenters. The Kier molecular flexibility index (Phi) is 4.84. The van der Waals surface area contributed by atoms with E-state index >= 15 is 0 Å². The van der Waals surface area contributed by atoms with Crippen LogP contribution in [0.2, 0.25) is 5.02 Å². The summed E-state index contributed by atoms with van der Waals surface area (Å²) in [5.41, 5.74) is 0.418. The number of rotatable bonds is 4. The van der Waals surface area contributed by atoms with Crippen molar-refractivity contribution in [3.8, 4) is 5.75 Å². The van der Waals surface area contributed by atoms with E-state index in [0.717, 1.165) is 0 Å². The molecule has 1 fully saturated rings. The van der Waals surface area contributed by atoms with E-state index < -0.39 is 18.3 Å². The Labute approximate surface area is 153 Å². The summed E-state index contributed by atoms with van der Waals surface area (Å²) in [7, 11) is -0.602. The van der Waals surface area contributed by atoms with Gasteiger partial charge in [0.25, 0.3) is 0 Å². The Morgan fingerprint density at radius 1 is 1.00 bits per heavy atom. The van der Waals surface area contributed by atoms with Crippen LogP contribution in [-0.2, 0) is 15.9 Å². The largest absolute Gasteiger partial charge is 0.494 e. The second-order valence-electron chi connectivity index (χ2n) is 7.22. The standard InChI is InChI=1S/C19H21BClFO3/c1-18(2)19(3,4)25-20(24-18)14-9-13(10-16(22)11-14)12-23-17-7-5-15(21)6-8-17/h5-11H,12H2,1-4H3. The van der Waals surface area contributed by atoms with E-state index in [9.17, 15) is 4.39 Å². The molecule has 1 saturated heterocycles. The summed E-state index contributed by atoms with van der Waals surface area (Å²) < 4.78 is 31.7. The van der Waals surface area contributed by atoms with Crippen molar-refractivity contribution in [1.29, 1.82) is 0 Å². The normalized spacial score (nSPS) is 18.4. The van der Waals surface area contributed by atoms with Gasteiger partial charge in [0.2, 0.25) is 0 Å². The summed E-state index contributed by atoms with van der Waals surface area (Å²) in [5, 5.41) is 0.640. The third kappa shape index (κ3) is 4.00. The zero-order chi connectivity index (χ0) is 18.2. The fourth-order valence-corrected chi connectivity index (χ4v) is 2.70. The van der Waals surface area contributed by atoms with E-state index in [0.29, 0.717) is 21.8 Å². The maximum atomic E-state index is 14.1. The maximum Gasteiger partial charge on any atom is 0.494 e. The predicted molar refractivity (Wildman–Crippen MR) is 97.9 cm³/mol. The molecule has 0 atom stereocenters. The third-order valence-electron chi connectivity index (χ3n) is 4.72. The topological polar surface area (TPSA) is 27.7 Å². The van der Waals surface area contributed by atoms with Crippen LogP contribution in [0, 0.1) is 5.82 Å². The number of ether oxygens (including phenoxy) is 1. The zero-order valence-electron chi connectivity index (χ0n) is 14.8. The highest BCUT2D eigenvalue weighted by Crippen LogP contribution is 2.36. The molecule has 0 amide bonds. The van der Waals surface area contributed by atoms with Gasteiger partial charge in [0.1, 0.15) is 18.2 Å². The fourth-order valence-electron chi connectivity index (χ4n) is 2.57. The highest BCUT2D eigenvalue weighted by molar-refractivity contribution is 6.62. The van der Waals surface area contributed by atoms with E-state index in [1.165, 1.54) is 12.1 Å². The highest BCUT2D eigenvalue weighted by Gasteiger charge is 2.51. The molecule has 0 N–H and O–H groups in total. The molecule has 132 valence electrons. The summed E-state index contributed by atoms with van der Waals surface area (Å²) in [6.07, 6.45) is 0. The first-order chi connectivity index (χ1) is 11.7. The van der Waals surface area contributed by atoms with Crippen LogP contribution < -0.4 is 10.2 Å². The van der Waals surface area contributed by atoms with Crippen molar-refractivity contribution in [3.05, 3.63) is 58.9 Å². The zero-order valence-corrected chi connectivity index (χ0v) is 15.6. The van der Waals surface area contributed by atoms with Gasteiger partial charge < -0.3 is 14.0 Å². The molecule has 1 heterocycles. The van der Waals surface area contributed by atoms with Crippen molar-refractivity contribution < 1.29 is 18.4 Å². The average Bonchev–Trinajstić information content (AvgIpc) is 2.74. The van der Waals surface area contributed by atoms with Gasteiger partial charge in [-0.05, 0) is 75.1 Å². The monoisotopic (exact) mass is 362 g/mol. The van der Waals surface area contributed by atoms with Crippen LogP contribution in [0.3, 0.4) is 0 Å². The molecule has 2 aromatic rings. The van der Waals surface area contributed by atoms with Gasteiger partial charge in [-0.15, -0.1) is 0 Å². The maximum absolute atomic E-state index is 14.1. The van der Waals surface area contributed by atoms with Crippen LogP contribution in [0.25, 0.3) is 0 Å². The van der Waals surface area contributed by atoms with Gasteiger partial charge >= 0.3 is 7.12 Å². The molecule has 0 spiro atoms. The first-order valence-corrected chi connectivity index (χ1v) is 8.57. The minimum Gasteiger partial charge on any atom is -0.489 e. The second kappa shape index (κ2) is 6.63. The smallest absolute Gasteiger partial charge is 0.489 e. The van der Waals surface area contributed by atoms with Crippen molar-refractivity contribution in [2.45, 2.75) is 45.5 Å². The van der Waals surface area contributed by atoms with E-state index in [4.69, 9.17) is 25.6 Å². The van der Waals surface area contributed by atoms with Crippen molar-refractivity contribution in [3.63, 3.8) is 0 Å². The Morgan fingerprint density at radius 3 is 2.20 bits per heavy atom. The minimum atomic E-state index is -0.602. The SMILES string of the molecule is CC1(C)OB(c2cc(F)cc(COc3ccc(Cl)cc3)c2)OC1(C)C. The fraction of sp³-hybridized carbons (Fsp3) is 0.368. The third-order valence-corrected chi connectivity index (χ3v) is 4.98. The molecule has 0 aromatic heterocycles. The lowest BCUT2D eigenvalue weighted by Crippen LogP contribution is -2.41. The molecule has 0 saturated carbocycles. The summed E-state index contributed by atoms with van der Waals surface area (Å²) in [6, 6.07) is 11.8. The van der Waals surface area contributed by atoms with Gasteiger partial charge in [-0.1, -0.05) is 17.7 Å². The number of benzene rings is 2. The Morgan fingerprint density at radius 2 is 1.60 bits per heavy atom. The van der Waals surface area contributed by atoms with E-state index in [2.05, 4.69) is 0 Å². The van der Waals surface area contributed by atoms with Gasteiger partial charge in [-0.3, -0.25) is 0 Å². The predicted octanol–water partition coefficient (Wildman–Crippen LogP) is 4.36. The lowest BCUT2D eigenvalue weighted by atomic mass is 9.78. The van der Waals surface area contributed by atoms with Crippen LogP contribution in [0.1, 0.15) is 33.3 Å². The molecule has 0 aliphatic carbocycles. The number of hydrogen-bond acceptors (Lipinski definition) is 3. The van der Waals surface area contributed by atoms with E-state index in [1.54, 1.807) is 24.3 Å². The molecular formula is C19H21BClFO3. The van der Waals surface area contributed by atoms with Gasteiger partial charge in [0.05, 0.1) is 11.2 Å². The molecule has 1 aliphatic heterocycles. The van der Waals surface area contributed by atoms with Gasteiger partial charge in [0, 0.05) is 5.02 Å². The van der Waals surface area contributed by atoms with Crippen LogP contribution in [0.15, 0.2) is 42.5 Å². The molecule has 1 aliphatic rings. The first kappa shape index (κ1) is 18.2. The minimum absolute atomic E-state index is 0.242. The quantitative estimate of drug-likeness (QED) is 0.757. The number of hydrogen-bond donors (Lipinski definition) is 0. The molecular weight excluding hydrogens is 341 g/mol.